The van der Waals surface area contributed by atoms with E-state index in [1.54, 1.807) is 0 Å². The Kier molecular flexibility index (Phi) is 5.56. The molecule has 0 spiro atoms. The van der Waals surface area contributed by atoms with Gasteiger partial charge in [-0.1, -0.05) is 34.6 Å². The van der Waals surface area contributed by atoms with Crippen LogP contribution in [-0.4, -0.2) is 24.5 Å². The molecule has 0 aliphatic heterocycles. The average molecular weight is 171 g/mol. The van der Waals surface area contributed by atoms with Crippen LogP contribution >= 0.6 is 0 Å². The van der Waals surface area contributed by atoms with E-state index in [1.807, 2.05) is 0 Å². The molecule has 0 heterocycles. The molecular weight excluding hydrogens is 146 g/mol. The molecule has 0 aromatic carbocycles. The van der Waals surface area contributed by atoms with Crippen LogP contribution < -0.4 is 0 Å². The van der Waals surface area contributed by atoms with Crippen LogP contribution in [0.3, 0.4) is 0 Å². The SMILES string of the molecule is CCN(CC)CC(C)(CC)CC. The van der Waals surface area contributed by atoms with E-state index < -0.39 is 0 Å². The van der Waals surface area contributed by atoms with Crippen LogP contribution in [0.4, 0.5) is 0 Å². The molecule has 0 aromatic heterocycles. The Hall–Kier alpha value is -0.0400. The average Bonchev–Trinajstić information content (AvgIpc) is 2.14. The molecule has 0 amide bonds. The second-order valence-corrected chi connectivity index (χ2v) is 3.98. The lowest BCUT2D eigenvalue weighted by atomic mass is 9.84. The van der Waals surface area contributed by atoms with Crippen LogP contribution in [0.2, 0.25) is 0 Å². The molecular formula is C11H25N. The van der Waals surface area contributed by atoms with Crippen LogP contribution in [0.1, 0.15) is 47.5 Å². The van der Waals surface area contributed by atoms with Gasteiger partial charge in [-0.3, -0.25) is 0 Å². The second kappa shape index (κ2) is 5.58. The highest BCUT2D eigenvalue weighted by atomic mass is 15.1. The summed E-state index contributed by atoms with van der Waals surface area (Å²) < 4.78 is 0. The van der Waals surface area contributed by atoms with Gasteiger partial charge in [-0.25, -0.2) is 0 Å². The van der Waals surface area contributed by atoms with Gasteiger partial charge in [0.2, 0.25) is 0 Å². The molecule has 0 bridgehead atoms. The first-order valence-electron chi connectivity index (χ1n) is 5.34. The molecule has 1 nitrogen and oxygen atoms in total. The first-order chi connectivity index (χ1) is 5.61. The lowest BCUT2D eigenvalue weighted by Gasteiger charge is -2.33. The molecule has 0 saturated heterocycles. The van der Waals surface area contributed by atoms with Crippen LogP contribution in [0, 0.1) is 5.41 Å². The summed E-state index contributed by atoms with van der Waals surface area (Å²) in [5.41, 5.74) is 0.534. The summed E-state index contributed by atoms with van der Waals surface area (Å²) in [5.74, 6) is 0. The van der Waals surface area contributed by atoms with Gasteiger partial charge >= 0.3 is 0 Å². The van der Waals surface area contributed by atoms with E-state index in [-0.39, 0.29) is 0 Å². The summed E-state index contributed by atoms with van der Waals surface area (Å²) in [6.45, 7) is 15.1. The van der Waals surface area contributed by atoms with Gasteiger partial charge in [0, 0.05) is 6.54 Å². The minimum absolute atomic E-state index is 0.534. The molecule has 0 atom stereocenters. The summed E-state index contributed by atoms with van der Waals surface area (Å²) >= 11 is 0. The Bertz CT molecular complexity index is 102. The molecule has 0 aliphatic carbocycles. The summed E-state index contributed by atoms with van der Waals surface area (Å²) in [7, 11) is 0. The predicted molar refractivity (Wildman–Crippen MR) is 56.5 cm³/mol. The molecule has 12 heavy (non-hydrogen) atoms. The number of hydrogen-bond acceptors (Lipinski definition) is 1. The maximum atomic E-state index is 2.52. The topological polar surface area (TPSA) is 3.24 Å². The van der Waals surface area contributed by atoms with Crippen molar-refractivity contribution in [2.75, 3.05) is 19.6 Å². The van der Waals surface area contributed by atoms with Crippen molar-refractivity contribution < 1.29 is 0 Å². The molecule has 0 unspecified atom stereocenters. The smallest absolute Gasteiger partial charge is 0.00349 e. The number of rotatable bonds is 6. The third kappa shape index (κ3) is 3.57. The minimum atomic E-state index is 0.534. The van der Waals surface area contributed by atoms with E-state index >= 15 is 0 Å². The zero-order valence-corrected chi connectivity index (χ0v) is 9.48. The standard InChI is InChI=1S/C11H25N/c1-6-11(5,7-2)10-12(8-3)9-4/h6-10H2,1-5H3. The van der Waals surface area contributed by atoms with Crippen LogP contribution in [0.5, 0.6) is 0 Å². The van der Waals surface area contributed by atoms with Gasteiger partial charge in [-0.05, 0) is 31.3 Å². The number of hydrogen-bond donors (Lipinski definition) is 0. The van der Waals surface area contributed by atoms with Gasteiger partial charge in [0.1, 0.15) is 0 Å². The lowest BCUT2D eigenvalue weighted by molar-refractivity contribution is 0.165. The fraction of sp³-hybridized carbons (Fsp3) is 1.00. The van der Waals surface area contributed by atoms with E-state index in [1.165, 1.54) is 32.5 Å². The number of nitrogens with zero attached hydrogens (tertiary/aromatic N) is 1. The second-order valence-electron chi connectivity index (χ2n) is 3.98. The highest BCUT2D eigenvalue weighted by Gasteiger charge is 2.21. The van der Waals surface area contributed by atoms with Crippen molar-refractivity contribution in [2.24, 2.45) is 5.41 Å². The van der Waals surface area contributed by atoms with Crippen molar-refractivity contribution in [3.63, 3.8) is 0 Å². The fourth-order valence-corrected chi connectivity index (χ4v) is 1.46. The maximum Gasteiger partial charge on any atom is 0.00349 e. The molecule has 0 fully saturated rings. The summed E-state index contributed by atoms with van der Waals surface area (Å²) in [4.78, 5) is 2.52. The molecule has 0 N–H and O–H groups in total. The van der Waals surface area contributed by atoms with Crippen molar-refractivity contribution in [3.05, 3.63) is 0 Å². The zero-order valence-electron chi connectivity index (χ0n) is 9.48. The van der Waals surface area contributed by atoms with Gasteiger partial charge < -0.3 is 4.90 Å². The Morgan fingerprint density at radius 1 is 0.917 bits per heavy atom. The molecule has 1 heteroatoms. The largest absolute Gasteiger partial charge is 0.303 e. The molecule has 0 saturated carbocycles. The van der Waals surface area contributed by atoms with Crippen molar-refractivity contribution in [2.45, 2.75) is 47.5 Å². The van der Waals surface area contributed by atoms with E-state index in [0.717, 1.165) is 0 Å². The Morgan fingerprint density at radius 3 is 1.58 bits per heavy atom. The van der Waals surface area contributed by atoms with Crippen LogP contribution in [-0.2, 0) is 0 Å². The first kappa shape index (κ1) is 12.0. The normalized spacial score (nSPS) is 12.5. The van der Waals surface area contributed by atoms with E-state index in [2.05, 4.69) is 39.5 Å². The first-order valence-corrected chi connectivity index (χ1v) is 5.34. The van der Waals surface area contributed by atoms with Gasteiger partial charge in [-0.2, -0.15) is 0 Å². The van der Waals surface area contributed by atoms with E-state index in [9.17, 15) is 0 Å². The van der Waals surface area contributed by atoms with Gasteiger partial charge in [0.25, 0.3) is 0 Å². The molecule has 74 valence electrons. The molecule has 0 aliphatic rings. The van der Waals surface area contributed by atoms with E-state index in [4.69, 9.17) is 0 Å². The van der Waals surface area contributed by atoms with Crippen molar-refractivity contribution in [1.29, 1.82) is 0 Å². The highest BCUT2D eigenvalue weighted by Crippen LogP contribution is 2.26. The van der Waals surface area contributed by atoms with Gasteiger partial charge in [0.15, 0.2) is 0 Å². The summed E-state index contributed by atoms with van der Waals surface area (Å²) in [6.07, 6.45) is 2.58. The Balaban J connectivity index is 3.99. The lowest BCUT2D eigenvalue weighted by Crippen LogP contribution is -2.35. The van der Waals surface area contributed by atoms with Crippen molar-refractivity contribution in [1.82, 2.24) is 4.90 Å². The van der Waals surface area contributed by atoms with Crippen LogP contribution in [0.15, 0.2) is 0 Å². The summed E-state index contributed by atoms with van der Waals surface area (Å²) in [6, 6.07) is 0. The fourth-order valence-electron chi connectivity index (χ4n) is 1.46. The van der Waals surface area contributed by atoms with E-state index in [0.29, 0.717) is 5.41 Å². The Labute approximate surface area is 78.1 Å². The van der Waals surface area contributed by atoms with Crippen molar-refractivity contribution in [3.8, 4) is 0 Å². The predicted octanol–water partition coefficient (Wildman–Crippen LogP) is 3.15. The monoisotopic (exact) mass is 171 g/mol. The minimum Gasteiger partial charge on any atom is -0.303 e. The summed E-state index contributed by atoms with van der Waals surface area (Å²) in [5, 5.41) is 0. The molecule has 0 aromatic rings. The van der Waals surface area contributed by atoms with Gasteiger partial charge in [-0.15, -0.1) is 0 Å². The van der Waals surface area contributed by atoms with Crippen LogP contribution in [0.25, 0.3) is 0 Å². The third-order valence-corrected chi connectivity index (χ3v) is 3.21. The zero-order chi connectivity index (χ0) is 9.61. The molecule has 0 radical (unpaired) electrons. The molecule has 0 rings (SSSR count). The maximum absolute atomic E-state index is 2.52. The van der Waals surface area contributed by atoms with Crippen molar-refractivity contribution >= 4 is 0 Å². The highest BCUT2D eigenvalue weighted by molar-refractivity contribution is 4.74. The third-order valence-electron chi connectivity index (χ3n) is 3.21. The van der Waals surface area contributed by atoms with Gasteiger partial charge in [0.05, 0.1) is 0 Å². The quantitative estimate of drug-likeness (QED) is 0.593. The Morgan fingerprint density at radius 2 is 1.33 bits per heavy atom.